The van der Waals surface area contributed by atoms with Crippen molar-refractivity contribution in [3.05, 3.63) is 24.3 Å². The number of rotatable bonds is 0. The highest BCUT2D eigenvalue weighted by atomic mass is 14.0. The lowest BCUT2D eigenvalue weighted by Gasteiger charge is -1.90. The van der Waals surface area contributed by atoms with Crippen molar-refractivity contribution in [2.45, 2.75) is 19.8 Å². The summed E-state index contributed by atoms with van der Waals surface area (Å²) in [5.41, 5.74) is 0. The average Bonchev–Trinajstić information content (AvgIpc) is 1.94. The third-order valence-corrected chi connectivity index (χ3v) is 1.38. The van der Waals surface area contributed by atoms with Crippen LogP contribution in [0.3, 0.4) is 0 Å². The molecule has 0 N–H and O–H groups in total. The van der Waals surface area contributed by atoms with Crippen LogP contribution in [-0.2, 0) is 0 Å². The van der Waals surface area contributed by atoms with Gasteiger partial charge in [0.05, 0.1) is 0 Å². The third kappa shape index (κ3) is 1.53. The van der Waals surface area contributed by atoms with Crippen molar-refractivity contribution in [2.24, 2.45) is 5.92 Å². The van der Waals surface area contributed by atoms with Crippen LogP contribution in [0, 0.1) is 5.92 Å². The molecule has 0 spiro atoms. The predicted octanol–water partition coefficient (Wildman–Crippen LogP) is 2.53. The Labute approximate surface area is 50.9 Å². The minimum atomic E-state index is 0.664. The molecule has 1 aliphatic rings. The SMILES string of the molecule is CC1C=CCCC=C1. The Balaban J connectivity index is 2.51. The van der Waals surface area contributed by atoms with Crippen molar-refractivity contribution in [2.75, 3.05) is 0 Å². The molecule has 0 aromatic heterocycles. The molecule has 0 aliphatic heterocycles. The van der Waals surface area contributed by atoms with Crippen molar-refractivity contribution in [3.8, 4) is 0 Å². The molecule has 0 unspecified atom stereocenters. The minimum absolute atomic E-state index is 0.664. The van der Waals surface area contributed by atoms with Crippen LogP contribution in [0.4, 0.5) is 0 Å². The summed E-state index contributed by atoms with van der Waals surface area (Å²) in [5, 5.41) is 0. The topological polar surface area (TPSA) is 0 Å². The third-order valence-electron chi connectivity index (χ3n) is 1.38. The fourth-order valence-electron chi connectivity index (χ4n) is 0.878. The highest BCUT2D eigenvalue weighted by molar-refractivity contribution is 5.02. The maximum Gasteiger partial charge on any atom is -0.00819 e. The number of hydrogen-bond acceptors (Lipinski definition) is 0. The van der Waals surface area contributed by atoms with Crippen LogP contribution in [-0.4, -0.2) is 0 Å². The zero-order chi connectivity index (χ0) is 5.82. The summed E-state index contributed by atoms with van der Waals surface area (Å²) in [7, 11) is 0. The monoisotopic (exact) mass is 108 g/mol. The van der Waals surface area contributed by atoms with E-state index in [1.807, 2.05) is 0 Å². The van der Waals surface area contributed by atoms with Gasteiger partial charge in [-0.05, 0) is 18.8 Å². The maximum atomic E-state index is 2.25. The summed E-state index contributed by atoms with van der Waals surface area (Å²) < 4.78 is 0. The second-order valence-electron chi connectivity index (χ2n) is 2.29. The fraction of sp³-hybridized carbons (Fsp3) is 0.500. The largest absolute Gasteiger partial charge is 0.0876 e. The van der Waals surface area contributed by atoms with E-state index in [-0.39, 0.29) is 0 Å². The molecule has 0 radical (unpaired) electrons. The van der Waals surface area contributed by atoms with E-state index in [2.05, 4.69) is 31.2 Å². The van der Waals surface area contributed by atoms with Gasteiger partial charge in [0.1, 0.15) is 0 Å². The first kappa shape index (κ1) is 5.61. The van der Waals surface area contributed by atoms with Crippen molar-refractivity contribution in [3.63, 3.8) is 0 Å². The van der Waals surface area contributed by atoms with E-state index in [0.29, 0.717) is 5.92 Å². The molecule has 0 saturated carbocycles. The fourth-order valence-corrected chi connectivity index (χ4v) is 0.878. The molecule has 0 bridgehead atoms. The molecular weight excluding hydrogens is 96.1 g/mol. The van der Waals surface area contributed by atoms with E-state index < -0.39 is 0 Å². The van der Waals surface area contributed by atoms with E-state index in [4.69, 9.17) is 0 Å². The van der Waals surface area contributed by atoms with E-state index in [9.17, 15) is 0 Å². The molecule has 1 rings (SSSR count). The van der Waals surface area contributed by atoms with Crippen molar-refractivity contribution in [1.82, 2.24) is 0 Å². The Kier molecular flexibility index (Phi) is 1.90. The van der Waals surface area contributed by atoms with Gasteiger partial charge in [0, 0.05) is 0 Å². The van der Waals surface area contributed by atoms with Crippen LogP contribution in [0.2, 0.25) is 0 Å². The summed E-state index contributed by atoms with van der Waals surface area (Å²) in [6.45, 7) is 2.21. The van der Waals surface area contributed by atoms with E-state index >= 15 is 0 Å². The molecule has 0 aromatic rings. The lowest BCUT2D eigenvalue weighted by atomic mass is 10.2. The molecular formula is C8H12. The quantitative estimate of drug-likeness (QED) is 0.418. The maximum absolute atomic E-state index is 2.25. The van der Waals surface area contributed by atoms with Crippen LogP contribution >= 0.6 is 0 Å². The van der Waals surface area contributed by atoms with E-state index in [1.54, 1.807) is 0 Å². The summed E-state index contributed by atoms with van der Waals surface area (Å²) in [6, 6.07) is 0. The first-order valence-corrected chi connectivity index (χ1v) is 3.23. The summed E-state index contributed by atoms with van der Waals surface area (Å²) in [5.74, 6) is 0.664. The van der Waals surface area contributed by atoms with Gasteiger partial charge >= 0.3 is 0 Å². The molecule has 8 heavy (non-hydrogen) atoms. The minimum Gasteiger partial charge on any atom is -0.0876 e. The Morgan fingerprint density at radius 3 is 2.12 bits per heavy atom. The standard InChI is InChI=1S/C8H12/c1-8-6-4-2-3-5-7-8/h4-8H,2-3H2,1H3. The van der Waals surface area contributed by atoms with Gasteiger partial charge in [0.2, 0.25) is 0 Å². The van der Waals surface area contributed by atoms with Crippen LogP contribution in [0.15, 0.2) is 24.3 Å². The Morgan fingerprint density at radius 2 is 1.62 bits per heavy atom. The molecule has 0 saturated heterocycles. The average molecular weight is 108 g/mol. The van der Waals surface area contributed by atoms with Crippen LogP contribution < -0.4 is 0 Å². The van der Waals surface area contributed by atoms with Crippen molar-refractivity contribution < 1.29 is 0 Å². The highest BCUT2D eigenvalue weighted by Gasteiger charge is 1.90. The van der Waals surface area contributed by atoms with Gasteiger partial charge in [0.25, 0.3) is 0 Å². The molecule has 0 heterocycles. The second kappa shape index (κ2) is 2.71. The molecule has 0 amide bonds. The van der Waals surface area contributed by atoms with Gasteiger partial charge in [-0.15, -0.1) is 0 Å². The summed E-state index contributed by atoms with van der Waals surface area (Å²) in [4.78, 5) is 0. The smallest absolute Gasteiger partial charge is 0.00819 e. The molecule has 0 nitrogen and oxygen atoms in total. The highest BCUT2D eigenvalue weighted by Crippen LogP contribution is 2.07. The van der Waals surface area contributed by atoms with Gasteiger partial charge in [-0.2, -0.15) is 0 Å². The summed E-state index contributed by atoms with van der Waals surface area (Å²) >= 11 is 0. The Morgan fingerprint density at radius 1 is 1.12 bits per heavy atom. The molecule has 0 heteroatoms. The van der Waals surface area contributed by atoms with E-state index in [1.165, 1.54) is 12.8 Å². The molecule has 44 valence electrons. The molecule has 0 atom stereocenters. The van der Waals surface area contributed by atoms with Crippen LogP contribution in [0.5, 0.6) is 0 Å². The number of hydrogen-bond donors (Lipinski definition) is 0. The Bertz CT molecular complexity index is 95.2. The first-order chi connectivity index (χ1) is 3.89. The zero-order valence-electron chi connectivity index (χ0n) is 5.30. The number of allylic oxidation sites excluding steroid dienone is 4. The first-order valence-electron chi connectivity index (χ1n) is 3.23. The van der Waals surface area contributed by atoms with Gasteiger partial charge in [-0.1, -0.05) is 31.2 Å². The van der Waals surface area contributed by atoms with Gasteiger partial charge in [-0.25, -0.2) is 0 Å². The normalized spacial score (nSPS) is 21.1. The summed E-state index contributed by atoms with van der Waals surface area (Å²) in [6.07, 6.45) is 11.5. The van der Waals surface area contributed by atoms with Gasteiger partial charge in [-0.3, -0.25) is 0 Å². The van der Waals surface area contributed by atoms with Gasteiger partial charge in [0.15, 0.2) is 0 Å². The van der Waals surface area contributed by atoms with Crippen molar-refractivity contribution in [1.29, 1.82) is 0 Å². The molecule has 0 aromatic carbocycles. The van der Waals surface area contributed by atoms with E-state index in [0.717, 1.165) is 0 Å². The second-order valence-corrected chi connectivity index (χ2v) is 2.29. The van der Waals surface area contributed by atoms with Crippen LogP contribution in [0.1, 0.15) is 19.8 Å². The molecule has 0 fully saturated rings. The van der Waals surface area contributed by atoms with Crippen LogP contribution in [0.25, 0.3) is 0 Å². The predicted molar refractivity (Wildman–Crippen MR) is 36.7 cm³/mol. The van der Waals surface area contributed by atoms with Crippen molar-refractivity contribution >= 4 is 0 Å². The molecule has 1 aliphatic carbocycles. The lowest BCUT2D eigenvalue weighted by molar-refractivity contribution is 0.941. The lowest BCUT2D eigenvalue weighted by Crippen LogP contribution is -1.77. The Hall–Kier alpha value is -0.520. The zero-order valence-corrected chi connectivity index (χ0v) is 5.30. The van der Waals surface area contributed by atoms with Gasteiger partial charge < -0.3 is 0 Å².